The van der Waals surface area contributed by atoms with Crippen LogP contribution >= 0.6 is 11.3 Å². The van der Waals surface area contributed by atoms with Gasteiger partial charge in [-0.15, -0.1) is 0 Å². The molecule has 0 spiro atoms. The van der Waals surface area contributed by atoms with Crippen LogP contribution in [0.1, 0.15) is 24.0 Å². The SMILES string of the molecule is O=C(Cc1cccc(C(F)(F)F)c1)Nc1cc(Oc2cc3sc(NC(=O)C4CC4)nc3cc2F)ccc1F. The van der Waals surface area contributed by atoms with Crippen LogP contribution < -0.4 is 15.4 Å². The van der Waals surface area contributed by atoms with Crippen molar-refractivity contribution in [1.29, 1.82) is 0 Å². The number of aromatic nitrogens is 1. The molecule has 38 heavy (non-hydrogen) atoms. The molecule has 5 rings (SSSR count). The molecule has 1 aromatic heterocycles. The highest BCUT2D eigenvalue weighted by Crippen LogP contribution is 2.36. The molecule has 0 aliphatic heterocycles. The number of alkyl halides is 3. The summed E-state index contributed by atoms with van der Waals surface area (Å²) in [4.78, 5) is 28.6. The Hall–Kier alpha value is -4.06. The molecular formula is C26H18F5N3O3S. The molecule has 0 unspecified atom stereocenters. The summed E-state index contributed by atoms with van der Waals surface area (Å²) in [6.07, 6.45) is -3.33. The van der Waals surface area contributed by atoms with Crippen molar-refractivity contribution < 1.29 is 36.3 Å². The molecule has 1 aliphatic carbocycles. The topological polar surface area (TPSA) is 80.3 Å². The Morgan fingerprint density at radius 3 is 2.53 bits per heavy atom. The summed E-state index contributed by atoms with van der Waals surface area (Å²) in [6.45, 7) is 0. The second kappa shape index (κ2) is 10.0. The van der Waals surface area contributed by atoms with Gasteiger partial charge >= 0.3 is 6.18 Å². The largest absolute Gasteiger partial charge is 0.454 e. The highest BCUT2D eigenvalue weighted by Gasteiger charge is 2.31. The fourth-order valence-electron chi connectivity index (χ4n) is 3.64. The minimum Gasteiger partial charge on any atom is -0.454 e. The summed E-state index contributed by atoms with van der Waals surface area (Å²) < 4.78 is 73.9. The lowest BCUT2D eigenvalue weighted by Crippen LogP contribution is -2.16. The van der Waals surface area contributed by atoms with Crippen molar-refractivity contribution in [3.05, 3.63) is 77.4 Å². The van der Waals surface area contributed by atoms with Crippen molar-refractivity contribution >= 4 is 44.2 Å². The number of amides is 2. The van der Waals surface area contributed by atoms with Crippen LogP contribution in [0.25, 0.3) is 10.2 Å². The van der Waals surface area contributed by atoms with E-state index < -0.39 is 35.7 Å². The molecule has 1 saturated carbocycles. The highest BCUT2D eigenvalue weighted by molar-refractivity contribution is 7.22. The van der Waals surface area contributed by atoms with Gasteiger partial charge in [-0.2, -0.15) is 13.2 Å². The molecule has 0 atom stereocenters. The number of fused-ring (bicyclic) bond motifs is 1. The maximum atomic E-state index is 14.7. The highest BCUT2D eigenvalue weighted by atomic mass is 32.1. The standard InChI is InChI=1S/C26H18F5N3O3S/c27-17-7-6-16(10-19(17)32-23(35)9-13-2-1-3-15(8-13)26(29,30)31)37-21-12-22-20(11-18(21)28)33-25(38-22)34-24(36)14-4-5-14/h1-3,6-8,10-12,14H,4-5,9H2,(H,32,35)(H,33,34,36). The van der Waals surface area contributed by atoms with E-state index in [4.69, 9.17) is 4.74 Å². The number of benzene rings is 3. The van der Waals surface area contributed by atoms with E-state index in [1.807, 2.05) is 0 Å². The molecule has 1 fully saturated rings. The van der Waals surface area contributed by atoms with E-state index in [1.165, 1.54) is 24.3 Å². The first-order valence-corrected chi connectivity index (χ1v) is 12.2. The van der Waals surface area contributed by atoms with Crippen LogP contribution in [0.4, 0.5) is 32.8 Å². The Labute approximate surface area is 216 Å². The monoisotopic (exact) mass is 547 g/mol. The summed E-state index contributed by atoms with van der Waals surface area (Å²) in [5, 5.41) is 5.35. The number of carbonyl (C=O) groups excluding carboxylic acids is 2. The summed E-state index contributed by atoms with van der Waals surface area (Å²) in [5.41, 5.74) is -0.768. The second-order valence-electron chi connectivity index (χ2n) is 8.70. The Kier molecular flexibility index (Phi) is 6.74. The summed E-state index contributed by atoms with van der Waals surface area (Å²) >= 11 is 1.14. The number of hydrogen-bond acceptors (Lipinski definition) is 5. The lowest BCUT2D eigenvalue weighted by molar-refractivity contribution is -0.137. The first-order valence-electron chi connectivity index (χ1n) is 11.4. The molecule has 0 saturated heterocycles. The molecule has 1 heterocycles. The summed E-state index contributed by atoms with van der Waals surface area (Å²) in [6, 6.07) is 10.2. The van der Waals surface area contributed by atoms with Crippen molar-refractivity contribution in [2.45, 2.75) is 25.4 Å². The molecule has 12 heteroatoms. The Morgan fingerprint density at radius 2 is 1.79 bits per heavy atom. The minimum absolute atomic E-state index is 0.00536. The fourth-order valence-corrected chi connectivity index (χ4v) is 4.52. The number of nitrogens with zero attached hydrogens (tertiary/aromatic N) is 1. The normalized spacial score (nSPS) is 13.4. The molecule has 3 aromatic carbocycles. The average Bonchev–Trinajstić information content (AvgIpc) is 3.63. The second-order valence-corrected chi connectivity index (χ2v) is 9.73. The number of rotatable bonds is 7. The maximum absolute atomic E-state index is 14.7. The third kappa shape index (κ3) is 5.91. The number of carbonyl (C=O) groups is 2. The molecule has 2 amide bonds. The van der Waals surface area contributed by atoms with Crippen molar-refractivity contribution in [2.75, 3.05) is 10.6 Å². The van der Waals surface area contributed by atoms with Crippen LogP contribution in [0.2, 0.25) is 0 Å². The first-order chi connectivity index (χ1) is 18.0. The molecule has 0 bridgehead atoms. The predicted molar refractivity (Wildman–Crippen MR) is 131 cm³/mol. The molecule has 0 radical (unpaired) electrons. The van der Waals surface area contributed by atoms with E-state index in [2.05, 4.69) is 15.6 Å². The van der Waals surface area contributed by atoms with Gasteiger partial charge in [-0.3, -0.25) is 9.59 Å². The van der Waals surface area contributed by atoms with E-state index in [1.54, 1.807) is 0 Å². The lowest BCUT2D eigenvalue weighted by Gasteiger charge is -2.11. The van der Waals surface area contributed by atoms with E-state index in [9.17, 15) is 31.5 Å². The number of halogens is 5. The van der Waals surface area contributed by atoms with Crippen LogP contribution in [0.15, 0.2) is 54.6 Å². The zero-order chi connectivity index (χ0) is 27.0. The zero-order valence-corrected chi connectivity index (χ0v) is 20.2. The van der Waals surface area contributed by atoms with E-state index in [0.717, 1.165) is 54.5 Å². The molecule has 2 N–H and O–H groups in total. The van der Waals surface area contributed by atoms with Gasteiger partial charge in [0.25, 0.3) is 0 Å². The summed E-state index contributed by atoms with van der Waals surface area (Å²) in [7, 11) is 0. The third-order valence-corrected chi connectivity index (χ3v) is 6.61. The third-order valence-electron chi connectivity index (χ3n) is 5.68. The van der Waals surface area contributed by atoms with Gasteiger partial charge in [0.1, 0.15) is 11.6 Å². The van der Waals surface area contributed by atoms with Gasteiger partial charge in [-0.05, 0) is 36.6 Å². The van der Waals surface area contributed by atoms with Crippen molar-refractivity contribution in [3.8, 4) is 11.5 Å². The van der Waals surface area contributed by atoms with Crippen molar-refractivity contribution in [1.82, 2.24) is 4.98 Å². The summed E-state index contributed by atoms with van der Waals surface area (Å²) in [5.74, 6) is -2.64. The van der Waals surface area contributed by atoms with Crippen molar-refractivity contribution in [2.24, 2.45) is 5.92 Å². The van der Waals surface area contributed by atoms with E-state index in [-0.39, 0.29) is 34.6 Å². The maximum Gasteiger partial charge on any atom is 0.416 e. The van der Waals surface area contributed by atoms with Gasteiger partial charge in [0.15, 0.2) is 16.7 Å². The predicted octanol–water partition coefficient (Wildman–Crippen LogP) is 6.92. The zero-order valence-electron chi connectivity index (χ0n) is 19.4. The van der Waals surface area contributed by atoms with Crippen LogP contribution in [0.3, 0.4) is 0 Å². The van der Waals surface area contributed by atoms with Crippen LogP contribution in [0.5, 0.6) is 11.5 Å². The van der Waals surface area contributed by atoms with Gasteiger partial charge in [-0.1, -0.05) is 29.5 Å². The minimum atomic E-state index is -4.56. The first kappa shape index (κ1) is 25.6. The van der Waals surface area contributed by atoms with Crippen LogP contribution in [0, 0.1) is 17.6 Å². The smallest absolute Gasteiger partial charge is 0.416 e. The van der Waals surface area contributed by atoms with Crippen molar-refractivity contribution in [3.63, 3.8) is 0 Å². The van der Waals surface area contributed by atoms with Gasteiger partial charge in [-0.25, -0.2) is 13.8 Å². The number of thiazole rings is 1. The molecule has 196 valence electrons. The lowest BCUT2D eigenvalue weighted by atomic mass is 10.1. The Balaban J connectivity index is 1.30. The number of anilines is 2. The molecular weight excluding hydrogens is 529 g/mol. The van der Waals surface area contributed by atoms with Gasteiger partial charge in [0, 0.05) is 24.1 Å². The quantitative estimate of drug-likeness (QED) is 0.246. The molecule has 6 nitrogen and oxygen atoms in total. The fraction of sp³-hybridized carbons (Fsp3) is 0.192. The molecule has 4 aromatic rings. The number of hydrogen-bond donors (Lipinski definition) is 2. The average molecular weight is 548 g/mol. The Bertz CT molecular complexity index is 1550. The number of ether oxygens (including phenoxy) is 1. The number of nitrogens with one attached hydrogen (secondary N) is 2. The molecule has 1 aliphatic rings. The van der Waals surface area contributed by atoms with Gasteiger partial charge in [0.2, 0.25) is 11.8 Å². The van der Waals surface area contributed by atoms with Crippen LogP contribution in [-0.2, 0) is 22.2 Å². The van der Waals surface area contributed by atoms with Gasteiger partial charge in [0.05, 0.1) is 27.9 Å². The Morgan fingerprint density at radius 1 is 1.00 bits per heavy atom. The van der Waals surface area contributed by atoms with E-state index in [0.29, 0.717) is 15.3 Å². The van der Waals surface area contributed by atoms with Crippen LogP contribution in [-0.4, -0.2) is 16.8 Å². The van der Waals surface area contributed by atoms with E-state index >= 15 is 0 Å². The van der Waals surface area contributed by atoms with Gasteiger partial charge < -0.3 is 15.4 Å².